The maximum absolute atomic E-state index is 12.7. The first kappa shape index (κ1) is 25.6. The molecule has 0 aromatic heterocycles. The van der Waals surface area contributed by atoms with Crippen LogP contribution in [0.25, 0.3) is 11.1 Å². The van der Waals surface area contributed by atoms with E-state index in [0.717, 1.165) is 22.3 Å². The lowest BCUT2D eigenvalue weighted by Gasteiger charge is -2.23. The van der Waals surface area contributed by atoms with Gasteiger partial charge in [-0.25, -0.2) is 9.59 Å². The number of benzene rings is 2. The fraction of sp³-hybridized carbons (Fsp3) is 0.423. The second kappa shape index (κ2) is 11.9. The standard InChI is InChI=1S/C26H32N2O5S/c1-16(2)21(24(29)28-23(25(30)31)12-13-34-3)14-27-26(32)33-15-22-19-10-6-4-8-17(19)18-9-5-7-11-20(18)22/h4-11,16,21-23H,12-15H2,1-3H3,(H,27,32)(H,28,29)(H,30,31)/t21?,23-/m0/s1. The molecule has 0 fully saturated rings. The predicted molar refractivity (Wildman–Crippen MR) is 134 cm³/mol. The molecule has 1 aliphatic rings. The summed E-state index contributed by atoms with van der Waals surface area (Å²) in [5.74, 6) is -1.53. The van der Waals surface area contributed by atoms with Gasteiger partial charge in [-0.15, -0.1) is 0 Å². The lowest BCUT2D eigenvalue weighted by Crippen LogP contribution is -2.48. The average Bonchev–Trinajstić information content (AvgIpc) is 3.14. The van der Waals surface area contributed by atoms with Crippen molar-refractivity contribution < 1.29 is 24.2 Å². The molecule has 3 rings (SSSR count). The van der Waals surface area contributed by atoms with E-state index in [9.17, 15) is 19.5 Å². The number of ether oxygens (including phenoxy) is 1. The maximum atomic E-state index is 12.7. The van der Waals surface area contributed by atoms with E-state index >= 15 is 0 Å². The van der Waals surface area contributed by atoms with Crippen molar-refractivity contribution in [3.8, 4) is 11.1 Å². The monoisotopic (exact) mass is 484 g/mol. The lowest BCUT2D eigenvalue weighted by molar-refractivity contribution is -0.142. The van der Waals surface area contributed by atoms with Gasteiger partial charge in [0.05, 0.1) is 5.92 Å². The van der Waals surface area contributed by atoms with E-state index in [1.54, 1.807) is 0 Å². The maximum Gasteiger partial charge on any atom is 0.407 e. The first-order valence-electron chi connectivity index (χ1n) is 11.4. The number of nitrogens with one attached hydrogen (secondary N) is 2. The summed E-state index contributed by atoms with van der Waals surface area (Å²) >= 11 is 1.52. The second-order valence-electron chi connectivity index (χ2n) is 8.74. The number of hydrogen-bond donors (Lipinski definition) is 3. The molecule has 2 atom stereocenters. The van der Waals surface area contributed by atoms with E-state index in [0.29, 0.717) is 12.2 Å². The molecule has 0 aliphatic heterocycles. The van der Waals surface area contributed by atoms with Crippen LogP contribution in [-0.4, -0.2) is 54.3 Å². The summed E-state index contributed by atoms with van der Waals surface area (Å²) in [6, 6.07) is 15.3. The van der Waals surface area contributed by atoms with Crippen molar-refractivity contribution in [2.75, 3.05) is 25.2 Å². The number of amides is 2. The number of fused-ring (bicyclic) bond motifs is 3. The SMILES string of the molecule is CSCC[C@H](NC(=O)C(CNC(=O)OCC1c2ccccc2-c2ccccc21)C(C)C)C(=O)O. The summed E-state index contributed by atoms with van der Waals surface area (Å²) in [6.45, 7) is 3.98. The van der Waals surface area contributed by atoms with Crippen LogP contribution >= 0.6 is 11.8 Å². The summed E-state index contributed by atoms with van der Waals surface area (Å²) in [6.07, 6.45) is 1.63. The minimum Gasteiger partial charge on any atom is -0.480 e. The van der Waals surface area contributed by atoms with Crippen LogP contribution in [0, 0.1) is 11.8 Å². The molecule has 182 valence electrons. The smallest absolute Gasteiger partial charge is 0.407 e. The van der Waals surface area contributed by atoms with E-state index in [2.05, 4.69) is 34.9 Å². The largest absolute Gasteiger partial charge is 0.480 e. The van der Waals surface area contributed by atoms with Crippen LogP contribution in [0.5, 0.6) is 0 Å². The molecule has 1 aliphatic carbocycles. The van der Waals surface area contributed by atoms with Gasteiger partial charge in [-0.3, -0.25) is 4.79 Å². The summed E-state index contributed by atoms with van der Waals surface area (Å²) < 4.78 is 5.54. The summed E-state index contributed by atoms with van der Waals surface area (Å²) in [4.78, 5) is 36.7. The van der Waals surface area contributed by atoms with E-state index in [1.807, 2.05) is 44.4 Å². The van der Waals surface area contributed by atoms with E-state index in [-0.39, 0.29) is 30.9 Å². The summed E-state index contributed by atoms with van der Waals surface area (Å²) in [7, 11) is 0. The highest BCUT2D eigenvalue weighted by Gasteiger charge is 2.30. The molecule has 0 spiro atoms. The third-order valence-corrected chi connectivity index (χ3v) is 6.82. The van der Waals surface area contributed by atoms with Crippen molar-refractivity contribution in [1.29, 1.82) is 0 Å². The molecule has 7 nitrogen and oxygen atoms in total. The van der Waals surface area contributed by atoms with Crippen LogP contribution in [0.15, 0.2) is 48.5 Å². The van der Waals surface area contributed by atoms with Gasteiger partial charge in [-0.2, -0.15) is 11.8 Å². The zero-order valence-corrected chi connectivity index (χ0v) is 20.6. The number of thioether (sulfide) groups is 1. The zero-order valence-electron chi connectivity index (χ0n) is 19.7. The van der Waals surface area contributed by atoms with Gasteiger partial charge in [0, 0.05) is 12.5 Å². The highest BCUT2D eigenvalue weighted by molar-refractivity contribution is 7.98. The zero-order chi connectivity index (χ0) is 24.7. The molecular formula is C26H32N2O5S. The number of alkyl carbamates (subject to hydrolysis) is 1. The molecule has 8 heteroatoms. The van der Waals surface area contributed by atoms with Crippen LogP contribution in [0.4, 0.5) is 4.79 Å². The molecule has 0 heterocycles. The summed E-state index contributed by atoms with van der Waals surface area (Å²) in [5, 5.41) is 14.7. The number of carboxylic acid groups (broad SMARTS) is 1. The molecule has 0 saturated carbocycles. The van der Waals surface area contributed by atoms with E-state index < -0.39 is 24.0 Å². The van der Waals surface area contributed by atoms with Crippen LogP contribution in [0.1, 0.15) is 37.3 Å². The van der Waals surface area contributed by atoms with Gasteiger partial charge < -0.3 is 20.5 Å². The van der Waals surface area contributed by atoms with Crippen molar-refractivity contribution in [2.24, 2.45) is 11.8 Å². The van der Waals surface area contributed by atoms with Gasteiger partial charge in [0.1, 0.15) is 12.6 Å². The Morgan fingerprint density at radius 1 is 1.03 bits per heavy atom. The molecular weight excluding hydrogens is 452 g/mol. The molecule has 0 saturated heterocycles. The Kier molecular flexibility index (Phi) is 8.98. The van der Waals surface area contributed by atoms with Crippen LogP contribution < -0.4 is 10.6 Å². The number of carbonyl (C=O) groups excluding carboxylic acids is 2. The van der Waals surface area contributed by atoms with Crippen molar-refractivity contribution in [3.05, 3.63) is 59.7 Å². The quantitative estimate of drug-likeness (QED) is 0.443. The Bertz CT molecular complexity index is 980. The lowest BCUT2D eigenvalue weighted by atomic mass is 9.94. The van der Waals surface area contributed by atoms with Crippen molar-refractivity contribution in [2.45, 2.75) is 32.2 Å². The van der Waals surface area contributed by atoms with E-state index in [4.69, 9.17) is 4.74 Å². The van der Waals surface area contributed by atoms with Gasteiger partial charge in [-0.05, 0) is 46.6 Å². The third kappa shape index (κ3) is 6.11. The number of carbonyl (C=O) groups is 3. The fourth-order valence-electron chi connectivity index (χ4n) is 4.25. The second-order valence-corrected chi connectivity index (χ2v) is 9.72. The number of aliphatic carboxylic acids is 1. The Labute approximate surface area is 204 Å². The number of carboxylic acids is 1. The molecule has 0 radical (unpaired) electrons. The Balaban J connectivity index is 1.57. The van der Waals surface area contributed by atoms with Gasteiger partial charge in [0.2, 0.25) is 5.91 Å². The predicted octanol–water partition coefficient (Wildman–Crippen LogP) is 4.12. The molecule has 2 aromatic rings. The topological polar surface area (TPSA) is 105 Å². The highest BCUT2D eigenvalue weighted by atomic mass is 32.2. The average molecular weight is 485 g/mol. The van der Waals surface area contributed by atoms with Gasteiger partial charge in [0.25, 0.3) is 0 Å². The molecule has 0 bridgehead atoms. The van der Waals surface area contributed by atoms with Gasteiger partial charge >= 0.3 is 12.1 Å². The molecule has 3 N–H and O–H groups in total. The van der Waals surface area contributed by atoms with Crippen LogP contribution in [-0.2, 0) is 14.3 Å². The third-order valence-electron chi connectivity index (χ3n) is 6.18. The van der Waals surface area contributed by atoms with Crippen molar-refractivity contribution >= 4 is 29.7 Å². The van der Waals surface area contributed by atoms with Crippen LogP contribution in [0.3, 0.4) is 0 Å². The molecule has 2 amide bonds. The Hall–Kier alpha value is -3.00. The molecule has 2 aromatic carbocycles. The fourth-order valence-corrected chi connectivity index (χ4v) is 4.72. The summed E-state index contributed by atoms with van der Waals surface area (Å²) in [5.41, 5.74) is 4.55. The molecule has 34 heavy (non-hydrogen) atoms. The highest BCUT2D eigenvalue weighted by Crippen LogP contribution is 2.44. The first-order chi connectivity index (χ1) is 16.3. The van der Waals surface area contributed by atoms with Gasteiger partial charge in [0.15, 0.2) is 0 Å². The van der Waals surface area contributed by atoms with Crippen molar-refractivity contribution in [3.63, 3.8) is 0 Å². The Morgan fingerprint density at radius 2 is 1.62 bits per heavy atom. The first-order valence-corrected chi connectivity index (χ1v) is 12.8. The number of hydrogen-bond acceptors (Lipinski definition) is 5. The van der Waals surface area contributed by atoms with Crippen molar-refractivity contribution in [1.82, 2.24) is 10.6 Å². The molecule has 1 unspecified atom stereocenters. The number of rotatable bonds is 11. The minimum absolute atomic E-state index is 0.0462. The minimum atomic E-state index is -1.06. The Morgan fingerprint density at radius 3 is 2.15 bits per heavy atom. The van der Waals surface area contributed by atoms with Crippen LogP contribution in [0.2, 0.25) is 0 Å². The normalized spacial score (nSPS) is 14.1. The van der Waals surface area contributed by atoms with E-state index in [1.165, 1.54) is 11.8 Å². The van der Waals surface area contributed by atoms with Gasteiger partial charge in [-0.1, -0.05) is 62.4 Å².